The van der Waals surface area contributed by atoms with Gasteiger partial charge in [0.05, 0.1) is 0 Å². The van der Waals surface area contributed by atoms with Crippen molar-refractivity contribution in [2.75, 3.05) is 26.2 Å². The molecule has 0 saturated carbocycles. The molecule has 0 N–H and O–H groups in total. The smallest absolute Gasteiger partial charge is 0.222 e. The Morgan fingerprint density at radius 3 is 1.81 bits per heavy atom. The summed E-state index contributed by atoms with van der Waals surface area (Å²) in [4.78, 5) is 27.0. The largest absolute Gasteiger partial charge is 0.343 e. The Balaban J connectivity index is 0.000000277. The van der Waals surface area contributed by atoms with E-state index >= 15 is 0 Å². The molecule has 0 aliphatic carbocycles. The SMILES string of the molecule is CC(=O)N1CCCC(C(C)C)C1.CCCCC(=O)N1CCCC(C(C)C)C1. The molecule has 2 rings (SSSR count). The van der Waals surface area contributed by atoms with Gasteiger partial charge in [0.25, 0.3) is 0 Å². The van der Waals surface area contributed by atoms with Crippen LogP contribution in [0, 0.1) is 23.7 Å². The van der Waals surface area contributed by atoms with E-state index in [0.717, 1.165) is 57.3 Å². The second-order valence-corrected chi connectivity index (χ2v) is 9.20. The highest BCUT2D eigenvalue weighted by Gasteiger charge is 2.25. The van der Waals surface area contributed by atoms with Crippen molar-refractivity contribution in [1.29, 1.82) is 0 Å². The van der Waals surface area contributed by atoms with Crippen molar-refractivity contribution >= 4 is 11.8 Å². The Bertz CT molecular complexity index is 448. The first-order chi connectivity index (χ1) is 12.8. The molecule has 2 heterocycles. The number of nitrogens with zero attached hydrogens (tertiary/aromatic N) is 2. The molecule has 2 unspecified atom stereocenters. The minimum absolute atomic E-state index is 0.236. The summed E-state index contributed by atoms with van der Waals surface area (Å²) in [7, 11) is 0. The van der Waals surface area contributed by atoms with Gasteiger partial charge in [-0.25, -0.2) is 0 Å². The maximum absolute atomic E-state index is 11.9. The first-order valence-corrected chi connectivity index (χ1v) is 11.3. The van der Waals surface area contributed by atoms with Gasteiger partial charge in [-0.05, 0) is 55.8 Å². The predicted octanol–water partition coefficient (Wildman–Crippen LogP) is 4.97. The number of hydrogen-bond donors (Lipinski definition) is 0. The number of rotatable bonds is 5. The third kappa shape index (κ3) is 8.66. The van der Waals surface area contributed by atoms with Crippen LogP contribution in [0.1, 0.15) is 86.5 Å². The number of hydrogen-bond acceptors (Lipinski definition) is 2. The second-order valence-electron chi connectivity index (χ2n) is 9.20. The van der Waals surface area contributed by atoms with Crippen molar-refractivity contribution in [2.45, 2.75) is 86.5 Å². The van der Waals surface area contributed by atoms with Crippen molar-refractivity contribution in [3.05, 3.63) is 0 Å². The van der Waals surface area contributed by atoms with Gasteiger partial charge >= 0.3 is 0 Å². The van der Waals surface area contributed by atoms with Crippen molar-refractivity contribution in [3.8, 4) is 0 Å². The molecular formula is C23H44N2O2. The molecule has 2 atom stereocenters. The van der Waals surface area contributed by atoms with E-state index in [0.29, 0.717) is 17.7 Å². The van der Waals surface area contributed by atoms with Crippen LogP contribution in [0.4, 0.5) is 0 Å². The molecule has 0 bridgehead atoms. The number of unbranched alkanes of at least 4 members (excludes halogenated alkanes) is 1. The molecule has 2 amide bonds. The van der Waals surface area contributed by atoms with Gasteiger partial charge in [-0.15, -0.1) is 0 Å². The van der Waals surface area contributed by atoms with E-state index in [2.05, 4.69) is 39.5 Å². The number of carbonyl (C=O) groups excluding carboxylic acids is 2. The molecule has 2 saturated heterocycles. The normalized spacial score (nSPS) is 23.3. The zero-order chi connectivity index (χ0) is 20.4. The Morgan fingerprint density at radius 2 is 1.37 bits per heavy atom. The Morgan fingerprint density at radius 1 is 0.889 bits per heavy atom. The van der Waals surface area contributed by atoms with Crippen LogP contribution >= 0.6 is 0 Å². The van der Waals surface area contributed by atoms with Crippen molar-refractivity contribution in [2.24, 2.45) is 23.7 Å². The maximum atomic E-state index is 11.9. The van der Waals surface area contributed by atoms with Crippen LogP contribution in [0.25, 0.3) is 0 Å². The Labute approximate surface area is 168 Å². The van der Waals surface area contributed by atoms with Crippen LogP contribution in [0.5, 0.6) is 0 Å². The monoisotopic (exact) mass is 380 g/mol. The van der Waals surface area contributed by atoms with Gasteiger partial charge in [-0.1, -0.05) is 41.0 Å². The van der Waals surface area contributed by atoms with Crippen LogP contribution < -0.4 is 0 Å². The average molecular weight is 381 g/mol. The fourth-order valence-corrected chi connectivity index (χ4v) is 4.11. The molecule has 0 aromatic heterocycles. The minimum Gasteiger partial charge on any atom is -0.343 e. The molecule has 0 radical (unpaired) electrons. The third-order valence-electron chi connectivity index (χ3n) is 6.34. The van der Waals surface area contributed by atoms with Gasteiger partial charge in [0.1, 0.15) is 0 Å². The van der Waals surface area contributed by atoms with Gasteiger partial charge in [-0.2, -0.15) is 0 Å². The Kier molecular flexibility index (Phi) is 11.0. The Hall–Kier alpha value is -1.06. The van der Waals surface area contributed by atoms with Crippen LogP contribution in [-0.4, -0.2) is 47.8 Å². The summed E-state index contributed by atoms with van der Waals surface area (Å²) in [5.41, 5.74) is 0. The third-order valence-corrected chi connectivity index (χ3v) is 6.34. The molecule has 158 valence electrons. The van der Waals surface area contributed by atoms with Gasteiger partial charge in [-0.3, -0.25) is 9.59 Å². The molecule has 0 spiro atoms. The van der Waals surface area contributed by atoms with Crippen LogP contribution in [0.15, 0.2) is 0 Å². The molecule has 27 heavy (non-hydrogen) atoms. The summed E-state index contributed by atoms with van der Waals surface area (Å²) in [6, 6.07) is 0. The van der Waals surface area contributed by atoms with E-state index in [-0.39, 0.29) is 5.91 Å². The summed E-state index contributed by atoms with van der Waals surface area (Å²) in [6.07, 6.45) is 7.88. The van der Waals surface area contributed by atoms with Crippen molar-refractivity contribution in [3.63, 3.8) is 0 Å². The fourth-order valence-electron chi connectivity index (χ4n) is 4.11. The van der Waals surface area contributed by atoms with E-state index < -0.39 is 0 Å². The predicted molar refractivity (Wildman–Crippen MR) is 113 cm³/mol. The van der Waals surface area contributed by atoms with Gasteiger partial charge in [0, 0.05) is 39.5 Å². The first kappa shape index (κ1) is 24.0. The lowest BCUT2D eigenvalue weighted by Gasteiger charge is -2.34. The fraction of sp³-hybridized carbons (Fsp3) is 0.913. The lowest BCUT2D eigenvalue weighted by molar-refractivity contribution is -0.133. The molecule has 0 aromatic rings. The van der Waals surface area contributed by atoms with Crippen molar-refractivity contribution < 1.29 is 9.59 Å². The number of piperidine rings is 2. The number of likely N-dealkylation sites (tertiary alicyclic amines) is 2. The van der Waals surface area contributed by atoms with E-state index in [9.17, 15) is 9.59 Å². The van der Waals surface area contributed by atoms with Gasteiger partial charge in [0.15, 0.2) is 0 Å². The zero-order valence-corrected chi connectivity index (χ0v) is 18.8. The highest BCUT2D eigenvalue weighted by molar-refractivity contribution is 5.76. The molecule has 4 nitrogen and oxygen atoms in total. The average Bonchev–Trinajstić information content (AvgIpc) is 2.66. The summed E-state index contributed by atoms with van der Waals surface area (Å²) in [5, 5.41) is 0. The number of carbonyl (C=O) groups is 2. The van der Waals surface area contributed by atoms with E-state index in [1.54, 1.807) is 6.92 Å². The summed E-state index contributed by atoms with van der Waals surface area (Å²) < 4.78 is 0. The van der Waals surface area contributed by atoms with Gasteiger partial charge < -0.3 is 9.80 Å². The molecule has 2 fully saturated rings. The van der Waals surface area contributed by atoms with Crippen LogP contribution in [0.2, 0.25) is 0 Å². The first-order valence-electron chi connectivity index (χ1n) is 11.3. The topological polar surface area (TPSA) is 40.6 Å². The minimum atomic E-state index is 0.236. The molecule has 2 aliphatic rings. The van der Waals surface area contributed by atoms with E-state index in [1.807, 2.05) is 4.90 Å². The lowest BCUT2D eigenvalue weighted by Crippen LogP contribution is -2.41. The summed E-state index contributed by atoms with van der Waals surface area (Å²) in [6.45, 7) is 16.8. The summed E-state index contributed by atoms with van der Waals surface area (Å²) in [5.74, 6) is 3.49. The van der Waals surface area contributed by atoms with Gasteiger partial charge in [0.2, 0.25) is 11.8 Å². The van der Waals surface area contributed by atoms with Crippen molar-refractivity contribution in [1.82, 2.24) is 9.80 Å². The highest BCUT2D eigenvalue weighted by Crippen LogP contribution is 2.24. The second kappa shape index (κ2) is 12.4. The highest BCUT2D eigenvalue weighted by atomic mass is 16.2. The maximum Gasteiger partial charge on any atom is 0.222 e. The molecule has 0 aromatic carbocycles. The van der Waals surface area contributed by atoms with E-state index in [4.69, 9.17) is 0 Å². The van der Waals surface area contributed by atoms with Crippen LogP contribution in [-0.2, 0) is 9.59 Å². The van der Waals surface area contributed by atoms with Crippen LogP contribution in [0.3, 0.4) is 0 Å². The molecular weight excluding hydrogens is 336 g/mol. The molecule has 2 aliphatic heterocycles. The molecule has 4 heteroatoms. The quantitative estimate of drug-likeness (QED) is 0.675. The lowest BCUT2D eigenvalue weighted by atomic mass is 9.88. The summed E-state index contributed by atoms with van der Waals surface area (Å²) >= 11 is 0. The standard InChI is InChI=1S/C13H25NO.C10H19NO/c1-4-5-8-13(15)14-9-6-7-12(10-14)11(2)3;1-8(2)10-5-4-6-11(7-10)9(3)12/h11-12H,4-10H2,1-3H3;8,10H,4-7H2,1-3H3. The van der Waals surface area contributed by atoms with E-state index in [1.165, 1.54) is 25.7 Å². The zero-order valence-electron chi connectivity index (χ0n) is 18.8. The number of amides is 2.